The number of amides is 2. The molecule has 7 heteroatoms. The average molecular weight is 541 g/mol. The van der Waals surface area contributed by atoms with Crippen molar-refractivity contribution in [2.24, 2.45) is 0 Å². The third kappa shape index (κ3) is 5.30. The first-order valence-electron chi connectivity index (χ1n) is 13.9. The molecule has 0 radical (unpaired) electrons. The Labute approximate surface area is 234 Å². The van der Waals surface area contributed by atoms with Gasteiger partial charge in [0, 0.05) is 58.5 Å². The monoisotopic (exact) mass is 540 g/mol. The van der Waals surface area contributed by atoms with Crippen LogP contribution in [0.2, 0.25) is 0 Å². The number of nitrogens with one attached hydrogen (secondary N) is 2. The van der Waals surface area contributed by atoms with Crippen molar-refractivity contribution in [3.05, 3.63) is 82.2 Å². The molecule has 1 saturated heterocycles. The first kappa shape index (κ1) is 26.0. The number of aryl methyl sites for hydroxylation is 1. The lowest BCUT2D eigenvalue weighted by molar-refractivity contribution is -0.110. The highest BCUT2D eigenvalue weighted by Gasteiger charge is 2.35. The van der Waals surface area contributed by atoms with Crippen molar-refractivity contribution < 1.29 is 9.59 Å². The minimum Gasteiger partial charge on any atom is -0.358 e. The fourth-order valence-corrected chi connectivity index (χ4v) is 6.85. The van der Waals surface area contributed by atoms with Crippen LogP contribution >= 0.6 is 11.8 Å². The summed E-state index contributed by atoms with van der Waals surface area (Å²) in [6.07, 6.45) is 6.57. The molecule has 2 fully saturated rings. The summed E-state index contributed by atoms with van der Waals surface area (Å²) in [4.78, 5) is 35.8. The second-order valence-electron chi connectivity index (χ2n) is 11.1. The van der Waals surface area contributed by atoms with Crippen LogP contribution in [0.1, 0.15) is 64.1 Å². The summed E-state index contributed by atoms with van der Waals surface area (Å²) in [7, 11) is 2.19. The molecule has 1 aromatic heterocycles. The van der Waals surface area contributed by atoms with Crippen LogP contribution < -0.4 is 5.32 Å². The number of fused-ring (bicyclic) bond motifs is 1. The van der Waals surface area contributed by atoms with E-state index < -0.39 is 0 Å². The van der Waals surface area contributed by atoms with Crippen molar-refractivity contribution in [3.8, 4) is 0 Å². The maximum absolute atomic E-state index is 13.8. The Morgan fingerprint density at radius 3 is 2.69 bits per heavy atom. The van der Waals surface area contributed by atoms with Gasteiger partial charge in [-0.15, -0.1) is 11.8 Å². The van der Waals surface area contributed by atoms with E-state index in [-0.39, 0.29) is 17.9 Å². The van der Waals surface area contributed by atoms with E-state index in [0.717, 1.165) is 70.3 Å². The molecule has 3 aromatic rings. The predicted octanol–water partition coefficient (Wildman–Crippen LogP) is 6.12. The molecule has 2 amide bonds. The van der Waals surface area contributed by atoms with Gasteiger partial charge in [0.25, 0.3) is 11.8 Å². The van der Waals surface area contributed by atoms with Crippen molar-refractivity contribution in [1.82, 2.24) is 14.8 Å². The molecule has 1 atom stereocenters. The molecule has 3 aliphatic rings. The van der Waals surface area contributed by atoms with E-state index in [1.807, 2.05) is 32.1 Å². The van der Waals surface area contributed by atoms with Crippen LogP contribution in [-0.2, 0) is 10.5 Å². The van der Waals surface area contributed by atoms with Crippen molar-refractivity contribution in [2.45, 2.75) is 62.3 Å². The van der Waals surface area contributed by atoms with E-state index in [9.17, 15) is 9.59 Å². The molecule has 2 N–H and O–H groups in total. The zero-order valence-corrected chi connectivity index (χ0v) is 23.7. The number of nitrogens with zero attached hydrogens (tertiary/aromatic N) is 2. The van der Waals surface area contributed by atoms with Crippen molar-refractivity contribution >= 4 is 40.9 Å². The summed E-state index contributed by atoms with van der Waals surface area (Å²) in [5.74, 6) is 0.861. The number of anilines is 1. The standard InChI is InChI=1S/C32H36N4O2S/c1-20-29(33-21(2)30(20)32(38)36-15-7-10-24(36)18-35(3)23-11-12-23)17-27-26-16-25(13-14-28(26)34-31(27)37)39-19-22-8-5-4-6-9-22/h4-6,8-9,13-14,16-17,23-24,33H,7,10-12,15,18-19H2,1-3H3,(H,34,37)/t24-/m0/s1. The van der Waals surface area contributed by atoms with Gasteiger partial charge in [-0.3, -0.25) is 9.59 Å². The zero-order valence-electron chi connectivity index (χ0n) is 22.9. The van der Waals surface area contributed by atoms with Gasteiger partial charge in [0.15, 0.2) is 0 Å². The molecular weight excluding hydrogens is 504 g/mol. The van der Waals surface area contributed by atoms with Gasteiger partial charge < -0.3 is 20.1 Å². The van der Waals surface area contributed by atoms with Crippen molar-refractivity contribution in [2.75, 3.05) is 25.5 Å². The highest BCUT2D eigenvalue weighted by Crippen LogP contribution is 2.38. The van der Waals surface area contributed by atoms with Crippen LogP contribution in [0.25, 0.3) is 11.6 Å². The van der Waals surface area contributed by atoms with Crippen molar-refractivity contribution in [3.63, 3.8) is 0 Å². The number of likely N-dealkylation sites (N-methyl/N-ethyl adjacent to an activating group) is 1. The summed E-state index contributed by atoms with van der Waals surface area (Å²) in [6, 6.07) is 17.5. The molecule has 6 nitrogen and oxygen atoms in total. The topological polar surface area (TPSA) is 68.4 Å². The fourth-order valence-electron chi connectivity index (χ4n) is 5.96. The number of carbonyl (C=O) groups is 2. The number of carbonyl (C=O) groups excluding carboxylic acids is 2. The second-order valence-corrected chi connectivity index (χ2v) is 12.2. The lowest BCUT2D eigenvalue weighted by atomic mass is 10.0. The van der Waals surface area contributed by atoms with Gasteiger partial charge in [0.2, 0.25) is 0 Å². The van der Waals surface area contributed by atoms with Crippen LogP contribution in [0.15, 0.2) is 53.4 Å². The maximum Gasteiger partial charge on any atom is 0.256 e. The quantitative estimate of drug-likeness (QED) is 0.267. The summed E-state index contributed by atoms with van der Waals surface area (Å²) in [5.41, 5.74) is 6.95. The van der Waals surface area contributed by atoms with Crippen LogP contribution in [0.4, 0.5) is 5.69 Å². The molecule has 39 heavy (non-hydrogen) atoms. The van der Waals surface area contributed by atoms with Gasteiger partial charge in [-0.25, -0.2) is 0 Å². The molecule has 1 aliphatic carbocycles. The second kappa shape index (κ2) is 10.7. The minimum absolute atomic E-state index is 0.105. The predicted molar refractivity (Wildman–Crippen MR) is 159 cm³/mol. The zero-order chi connectivity index (χ0) is 27.1. The van der Waals surface area contributed by atoms with Gasteiger partial charge in [0.1, 0.15) is 0 Å². The molecule has 1 saturated carbocycles. The smallest absolute Gasteiger partial charge is 0.256 e. The summed E-state index contributed by atoms with van der Waals surface area (Å²) in [5, 5.41) is 3.01. The van der Waals surface area contributed by atoms with Gasteiger partial charge in [-0.1, -0.05) is 30.3 Å². The normalized spacial score (nSPS) is 19.7. The Morgan fingerprint density at radius 2 is 1.92 bits per heavy atom. The number of hydrogen-bond donors (Lipinski definition) is 2. The van der Waals surface area contributed by atoms with Crippen LogP contribution in [-0.4, -0.2) is 58.8 Å². The number of aromatic nitrogens is 1. The molecule has 3 heterocycles. The van der Waals surface area contributed by atoms with E-state index in [2.05, 4.69) is 63.5 Å². The van der Waals surface area contributed by atoms with Gasteiger partial charge >= 0.3 is 0 Å². The molecule has 0 bridgehead atoms. The Bertz CT molecular complexity index is 1440. The molecule has 2 aromatic carbocycles. The molecule has 202 valence electrons. The van der Waals surface area contributed by atoms with E-state index in [4.69, 9.17) is 0 Å². The number of rotatable bonds is 8. The third-order valence-electron chi connectivity index (χ3n) is 8.31. The van der Waals surface area contributed by atoms with Gasteiger partial charge in [-0.05, 0) is 82.0 Å². The highest BCUT2D eigenvalue weighted by atomic mass is 32.2. The minimum atomic E-state index is -0.113. The number of H-pyrrole nitrogens is 1. The Balaban J connectivity index is 1.24. The summed E-state index contributed by atoms with van der Waals surface area (Å²) < 4.78 is 0. The lowest BCUT2D eigenvalue weighted by Gasteiger charge is -2.29. The van der Waals surface area contributed by atoms with E-state index >= 15 is 0 Å². The summed E-state index contributed by atoms with van der Waals surface area (Å²) in [6.45, 7) is 5.70. The number of aromatic amines is 1. The van der Waals surface area contributed by atoms with Crippen molar-refractivity contribution in [1.29, 1.82) is 0 Å². The first-order chi connectivity index (χ1) is 18.9. The Morgan fingerprint density at radius 1 is 1.13 bits per heavy atom. The van der Waals surface area contributed by atoms with Crippen LogP contribution in [0, 0.1) is 13.8 Å². The number of benzene rings is 2. The first-order valence-corrected chi connectivity index (χ1v) is 14.9. The van der Waals surface area contributed by atoms with Crippen LogP contribution in [0.5, 0.6) is 0 Å². The number of hydrogen-bond acceptors (Lipinski definition) is 4. The van der Waals surface area contributed by atoms with E-state index in [1.54, 1.807) is 11.8 Å². The molecule has 0 spiro atoms. The molecular formula is C32H36N4O2S. The highest BCUT2D eigenvalue weighted by molar-refractivity contribution is 7.98. The van der Waals surface area contributed by atoms with E-state index in [1.165, 1.54) is 18.4 Å². The average Bonchev–Trinajstić information content (AvgIpc) is 3.53. The Hall–Kier alpha value is -3.29. The molecule has 0 unspecified atom stereocenters. The molecule has 6 rings (SSSR count). The Kier molecular flexibility index (Phi) is 7.12. The van der Waals surface area contributed by atoms with Gasteiger partial charge in [0.05, 0.1) is 11.1 Å². The van der Waals surface area contributed by atoms with E-state index in [0.29, 0.717) is 11.6 Å². The summed E-state index contributed by atoms with van der Waals surface area (Å²) >= 11 is 1.76. The molecule has 2 aliphatic heterocycles. The number of likely N-dealkylation sites (tertiary alicyclic amines) is 1. The lowest BCUT2D eigenvalue weighted by Crippen LogP contribution is -2.43. The largest absolute Gasteiger partial charge is 0.358 e. The number of thioether (sulfide) groups is 1. The maximum atomic E-state index is 13.8. The fraction of sp³-hybridized carbons (Fsp3) is 0.375. The SMILES string of the molecule is Cc1[nH]c(C=C2C(=O)Nc3ccc(SCc4ccccc4)cc32)c(C)c1C(=O)N1CCC[C@H]1CN(C)C1CC1. The van der Waals surface area contributed by atoms with Gasteiger partial charge in [-0.2, -0.15) is 0 Å². The third-order valence-corrected chi connectivity index (χ3v) is 9.37. The van der Waals surface area contributed by atoms with Crippen LogP contribution in [0.3, 0.4) is 0 Å².